The van der Waals surface area contributed by atoms with Crippen LogP contribution in [0.25, 0.3) is 0 Å². The molecule has 0 saturated carbocycles. The third-order valence-electron chi connectivity index (χ3n) is 4.69. The van der Waals surface area contributed by atoms with Crippen molar-refractivity contribution in [3.8, 4) is 11.5 Å². The number of phenols is 1. The lowest BCUT2D eigenvalue weighted by Gasteiger charge is -2.21. The van der Waals surface area contributed by atoms with Crippen molar-refractivity contribution in [2.45, 2.75) is 53.0 Å². The fourth-order valence-electron chi connectivity index (χ4n) is 3.01. The third-order valence-corrected chi connectivity index (χ3v) is 4.69. The highest BCUT2D eigenvalue weighted by Gasteiger charge is 2.08. The number of guanidine groups is 1. The van der Waals surface area contributed by atoms with Crippen LogP contribution in [0.3, 0.4) is 0 Å². The van der Waals surface area contributed by atoms with E-state index in [9.17, 15) is 5.11 Å². The van der Waals surface area contributed by atoms with Crippen molar-refractivity contribution in [3.63, 3.8) is 0 Å². The van der Waals surface area contributed by atoms with Gasteiger partial charge in [-0.05, 0) is 64.4 Å². The van der Waals surface area contributed by atoms with Gasteiger partial charge in [-0.3, -0.25) is 4.99 Å². The van der Waals surface area contributed by atoms with Gasteiger partial charge in [0, 0.05) is 19.1 Å². The van der Waals surface area contributed by atoms with Gasteiger partial charge in [-0.15, -0.1) is 24.0 Å². The van der Waals surface area contributed by atoms with Crippen LogP contribution < -0.4 is 15.4 Å². The second-order valence-corrected chi connectivity index (χ2v) is 6.69. The van der Waals surface area contributed by atoms with Gasteiger partial charge < -0.3 is 25.4 Å². The number of hydrogen-bond acceptors (Lipinski definition) is 4. The fourth-order valence-corrected chi connectivity index (χ4v) is 3.01. The summed E-state index contributed by atoms with van der Waals surface area (Å²) in [6, 6.07) is 5.92. The number of nitrogens with one attached hydrogen (secondary N) is 2. The Labute approximate surface area is 188 Å². The zero-order valence-electron chi connectivity index (χ0n) is 18.1. The van der Waals surface area contributed by atoms with Crippen LogP contribution in [0.1, 0.15) is 46.1 Å². The number of benzene rings is 1. The van der Waals surface area contributed by atoms with Gasteiger partial charge in [0.05, 0.1) is 7.11 Å². The first-order chi connectivity index (χ1) is 13.0. The van der Waals surface area contributed by atoms with Crippen molar-refractivity contribution in [1.82, 2.24) is 15.5 Å². The monoisotopic (exact) mass is 506 g/mol. The zero-order chi connectivity index (χ0) is 20.1. The number of aromatic hydroxyl groups is 1. The molecule has 7 heteroatoms. The van der Waals surface area contributed by atoms with Gasteiger partial charge in [-0.25, -0.2) is 0 Å². The van der Waals surface area contributed by atoms with Crippen LogP contribution in [-0.2, 0) is 6.42 Å². The van der Waals surface area contributed by atoms with E-state index in [1.807, 2.05) is 12.1 Å². The first-order valence-corrected chi connectivity index (χ1v) is 10.2. The SMILES string of the molecule is CCNC(=NCCc1cccc(OC)c1O)NC(C)CCCN(CC)CC.I. The largest absolute Gasteiger partial charge is 0.504 e. The molecule has 1 unspecified atom stereocenters. The van der Waals surface area contributed by atoms with Crippen molar-refractivity contribution in [2.24, 2.45) is 4.99 Å². The van der Waals surface area contributed by atoms with Gasteiger partial charge in [0.25, 0.3) is 0 Å². The topological polar surface area (TPSA) is 69.1 Å². The minimum atomic E-state index is 0. The van der Waals surface area contributed by atoms with Crippen molar-refractivity contribution in [2.75, 3.05) is 39.8 Å². The smallest absolute Gasteiger partial charge is 0.191 e. The summed E-state index contributed by atoms with van der Waals surface area (Å²) in [5, 5.41) is 17.0. The van der Waals surface area contributed by atoms with E-state index in [4.69, 9.17) is 4.74 Å². The normalized spacial score (nSPS) is 12.4. The van der Waals surface area contributed by atoms with Gasteiger partial charge >= 0.3 is 0 Å². The third kappa shape index (κ3) is 9.82. The average Bonchev–Trinajstić information content (AvgIpc) is 2.66. The number of ether oxygens (including phenoxy) is 1. The van der Waals surface area contributed by atoms with Gasteiger partial charge in [-0.2, -0.15) is 0 Å². The molecule has 0 heterocycles. The van der Waals surface area contributed by atoms with Crippen molar-refractivity contribution < 1.29 is 9.84 Å². The molecule has 0 aliphatic carbocycles. The minimum Gasteiger partial charge on any atom is -0.504 e. The standard InChI is InChI=1S/C21H38N4O2.HI/c1-6-22-21(24-17(4)11-10-16-25(7-2)8-3)23-15-14-18-12-9-13-19(27-5)20(18)26;/h9,12-13,17,26H,6-8,10-11,14-16H2,1-5H3,(H2,22,23,24);1H. The molecule has 6 nitrogen and oxygen atoms in total. The highest BCUT2D eigenvalue weighted by Crippen LogP contribution is 2.29. The lowest BCUT2D eigenvalue weighted by molar-refractivity contribution is 0.292. The van der Waals surface area contributed by atoms with Crippen LogP contribution in [0.2, 0.25) is 0 Å². The lowest BCUT2D eigenvalue weighted by atomic mass is 10.1. The molecule has 0 aliphatic rings. The van der Waals surface area contributed by atoms with Gasteiger partial charge in [0.1, 0.15) is 0 Å². The Bertz CT molecular complexity index is 565. The highest BCUT2D eigenvalue weighted by atomic mass is 127. The second-order valence-electron chi connectivity index (χ2n) is 6.69. The molecule has 1 aromatic carbocycles. The highest BCUT2D eigenvalue weighted by molar-refractivity contribution is 14.0. The maximum Gasteiger partial charge on any atom is 0.191 e. The Balaban J connectivity index is 0.00000729. The van der Waals surface area contributed by atoms with E-state index < -0.39 is 0 Å². The average molecular weight is 506 g/mol. The van der Waals surface area contributed by atoms with Crippen molar-refractivity contribution >= 4 is 29.9 Å². The molecule has 3 N–H and O–H groups in total. The van der Waals surface area contributed by atoms with E-state index in [2.05, 4.69) is 48.2 Å². The van der Waals surface area contributed by atoms with Gasteiger partial charge in [-0.1, -0.05) is 26.0 Å². The second kappa shape index (κ2) is 15.7. The molecule has 1 aromatic rings. The minimum absolute atomic E-state index is 0. The Morgan fingerprint density at radius 2 is 1.96 bits per heavy atom. The number of para-hydroxylation sites is 1. The molecular formula is C21H39IN4O2. The summed E-state index contributed by atoms with van der Waals surface area (Å²) in [5.41, 5.74) is 0.848. The summed E-state index contributed by atoms with van der Waals surface area (Å²) >= 11 is 0. The molecule has 0 saturated heterocycles. The van der Waals surface area contributed by atoms with E-state index in [0.29, 0.717) is 24.8 Å². The molecule has 0 spiro atoms. The molecule has 0 radical (unpaired) electrons. The van der Waals surface area contributed by atoms with E-state index >= 15 is 0 Å². The van der Waals surface area contributed by atoms with E-state index in [0.717, 1.165) is 44.1 Å². The lowest BCUT2D eigenvalue weighted by Crippen LogP contribution is -2.42. The summed E-state index contributed by atoms with van der Waals surface area (Å²) < 4.78 is 5.16. The maximum atomic E-state index is 10.2. The Hall–Kier alpha value is -1.22. The molecular weight excluding hydrogens is 467 g/mol. The summed E-state index contributed by atoms with van der Waals surface area (Å²) in [5.74, 6) is 1.54. The molecule has 1 atom stereocenters. The molecule has 0 fully saturated rings. The quantitative estimate of drug-likeness (QED) is 0.230. The van der Waals surface area contributed by atoms with Crippen molar-refractivity contribution in [3.05, 3.63) is 23.8 Å². The number of hydrogen-bond donors (Lipinski definition) is 3. The number of methoxy groups -OCH3 is 1. The molecule has 162 valence electrons. The molecule has 28 heavy (non-hydrogen) atoms. The first-order valence-electron chi connectivity index (χ1n) is 10.2. The summed E-state index contributed by atoms with van der Waals surface area (Å²) in [7, 11) is 1.56. The summed E-state index contributed by atoms with van der Waals surface area (Å²) in [6.45, 7) is 13.5. The zero-order valence-corrected chi connectivity index (χ0v) is 20.5. The number of nitrogens with zero attached hydrogens (tertiary/aromatic N) is 2. The Morgan fingerprint density at radius 3 is 2.57 bits per heavy atom. The maximum absolute atomic E-state index is 10.2. The van der Waals surface area contributed by atoms with Crippen molar-refractivity contribution in [1.29, 1.82) is 0 Å². The van der Waals surface area contributed by atoms with Crippen LogP contribution in [-0.4, -0.2) is 61.8 Å². The summed E-state index contributed by atoms with van der Waals surface area (Å²) in [4.78, 5) is 7.10. The number of phenolic OH excluding ortho intramolecular Hbond substituents is 1. The molecule has 0 aliphatic heterocycles. The predicted molar refractivity (Wildman–Crippen MR) is 129 cm³/mol. The molecule has 1 rings (SSSR count). The van der Waals surface area contributed by atoms with E-state index in [-0.39, 0.29) is 29.7 Å². The molecule has 0 bridgehead atoms. The number of rotatable bonds is 12. The van der Waals surface area contributed by atoms with Crippen LogP contribution in [0.4, 0.5) is 0 Å². The van der Waals surface area contributed by atoms with Gasteiger partial charge in [0.15, 0.2) is 17.5 Å². The summed E-state index contributed by atoms with van der Waals surface area (Å²) in [6.07, 6.45) is 2.94. The molecule has 0 amide bonds. The Morgan fingerprint density at radius 1 is 1.25 bits per heavy atom. The number of halogens is 1. The fraction of sp³-hybridized carbons (Fsp3) is 0.667. The predicted octanol–water partition coefficient (Wildman–Crippen LogP) is 3.63. The van der Waals surface area contributed by atoms with Crippen LogP contribution in [0.15, 0.2) is 23.2 Å². The Kier molecular flexibility index (Phi) is 15.0. The van der Waals surface area contributed by atoms with Crippen LogP contribution >= 0.6 is 24.0 Å². The van der Waals surface area contributed by atoms with E-state index in [1.165, 1.54) is 6.42 Å². The number of aliphatic imine (C=N–C) groups is 1. The molecule has 0 aromatic heterocycles. The first kappa shape index (κ1) is 26.8. The van der Waals surface area contributed by atoms with Crippen LogP contribution in [0, 0.1) is 0 Å². The van der Waals surface area contributed by atoms with E-state index in [1.54, 1.807) is 13.2 Å². The van der Waals surface area contributed by atoms with Crippen LogP contribution in [0.5, 0.6) is 11.5 Å². The van der Waals surface area contributed by atoms with Gasteiger partial charge in [0.2, 0.25) is 0 Å².